The molecule has 2 nitrogen and oxygen atoms in total. The van der Waals surface area contributed by atoms with Gasteiger partial charge in [0.25, 0.3) is 0 Å². The molecule has 2 heterocycles. The monoisotopic (exact) mass is 208 g/mol. The van der Waals surface area contributed by atoms with Gasteiger partial charge in [0.1, 0.15) is 5.76 Å². The third-order valence-corrected chi connectivity index (χ3v) is 3.09. The third kappa shape index (κ3) is 1.89. The number of aliphatic hydroxyl groups excluding tert-OH is 1. The first-order valence-corrected chi connectivity index (χ1v) is 5.40. The number of aliphatic hydroxyl groups is 1. The molecular weight excluding hydrogens is 196 g/mol. The Morgan fingerprint density at radius 1 is 1.50 bits per heavy atom. The van der Waals surface area contributed by atoms with Crippen LogP contribution in [0.2, 0.25) is 0 Å². The van der Waals surface area contributed by atoms with Gasteiger partial charge in [-0.25, -0.2) is 0 Å². The van der Waals surface area contributed by atoms with E-state index in [4.69, 9.17) is 4.42 Å². The summed E-state index contributed by atoms with van der Waals surface area (Å²) in [6.07, 6.45) is 1.72. The Morgan fingerprint density at radius 3 is 2.93 bits per heavy atom. The Kier molecular flexibility index (Phi) is 2.70. The van der Waals surface area contributed by atoms with Gasteiger partial charge in [-0.3, -0.25) is 0 Å². The molecule has 0 spiro atoms. The molecule has 0 saturated carbocycles. The molecule has 0 bridgehead atoms. The van der Waals surface area contributed by atoms with E-state index < -0.39 is 6.10 Å². The van der Waals surface area contributed by atoms with Crippen LogP contribution in [0.3, 0.4) is 0 Å². The molecule has 1 unspecified atom stereocenters. The number of thiophene rings is 1. The molecule has 2 rings (SSSR count). The highest BCUT2D eigenvalue weighted by Crippen LogP contribution is 2.25. The summed E-state index contributed by atoms with van der Waals surface area (Å²) in [6, 6.07) is 5.68. The molecule has 0 radical (unpaired) electrons. The van der Waals surface area contributed by atoms with Gasteiger partial charge in [0.05, 0.1) is 12.4 Å². The predicted molar refractivity (Wildman–Crippen MR) is 56.4 cm³/mol. The van der Waals surface area contributed by atoms with Crippen LogP contribution in [-0.2, 0) is 6.42 Å². The predicted octanol–water partition coefficient (Wildman–Crippen LogP) is 2.93. The van der Waals surface area contributed by atoms with Crippen molar-refractivity contribution in [1.29, 1.82) is 0 Å². The lowest BCUT2D eigenvalue weighted by molar-refractivity contribution is 0.170. The Balaban J connectivity index is 2.10. The van der Waals surface area contributed by atoms with Crippen molar-refractivity contribution in [3.63, 3.8) is 0 Å². The van der Waals surface area contributed by atoms with Gasteiger partial charge in [-0.15, -0.1) is 11.3 Å². The molecule has 2 aromatic heterocycles. The minimum absolute atomic E-state index is 0.451. The SMILES string of the molecule is Cc1sccc1C(O)Cc1ccco1. The van der Waals surface area contributed by atoms with E-state index in [1.54, 1.807) is 17.6 Å². The summed E-state index contributed by atoms with van der Waals surface area (Å²) in [7, 11) is 0. The van der Waals surface area contributed by atoms with E-state index in [0.717, 1.165) is 11.3 Å². The van der Waals surface area contributed by atoms with Crippen LogP contribution in [0.15, 0.2) is 34.3 Å². The molecule has 0 amide bonds. The summed E-state index contributed by atoms with van der Waals surface area (Å²) < 4.78 is 5.19. The number of hydrogen-bond donors (Lipinski definition) is 1. The number of furan rings is 1. The third-order valence-electron chi connectivity index (χ3n) is 2.23. The van der Waals surface area contributed by atoms with Gasteiger partial charge in [0, 0.05) is 11.3 Å². The Morgan fingerprint density at radius 2 is 2.36 bits per heavy atom. The zero-order chi connectivity index (χ0) is 9.97. The van der Waals surface area contributed by atoms with Crippen molar-refractivity contribution in [2.45, 2.75) is 19.4 Å². The lowest BCUT2D eigenvalue weighted by atomic mass is 10.1. The summed E-state index contributed by atoms with van der Waals surface area (Å²) in [6.45, 7) is 2.02. The second-order valence-electron chi connectivity index (χ2n) is 3.23. The van der Waals surface area contributed by atoms with Crippen LogP contribution in [-0.4, -0.2) is 5.11 Å². The van der Waals surface area contributed by atoms with E-state index in [1.807, 2.05) is 30.5 Å². The van der Waals surface area contributed by atoms with Gasteiger partial charge in [0.15, 0.2) is 0 Å². The smallest absolute Gasteiger partial charge is 0.106 e. The van der Waals surface area contributed by atoms with Crippen molar-refractivity contribution in [3.05, 3.63) is 46.0 Å². The molecule has 0 aromatic carbocycles. The largest absolute Gasteiger partial charge is 0.469 e. The molecular formula is C11H12O2S. The van der Waals surface area contributed by atoms with Crippen molar-refractivity contribution in [3.8, 4) is 0 Å². The molecule has 1 N–H and O–H groups in total. The van der Waals surface area contributed by atoms with Crippen LogP contribution in [0, 0.1) is 6.92 Å². The maximum Gasteiger partial charge on any atom is 0.106 e. The average Bonchev–Trinajstić information content (AvgIpc) is 2.75. The summed E-state index contributed by atoms with van der Waals surface area (Å²) >= 11 is 1.65. The van der Waals surface area contributed by atoms with Gasteiger partial charge in [0.2, 0.25) is 0 Å². The molecule has 1 atom stereocenters. The van der Waals surface area contributed by atoms with Crippen molar-refractivity contribution >= 4 is 11.3 Å². The van der Waals surface area contributed by atoms with Crippen molar-refractivity contribution in [2.24, 2.45) is 0 Å². The summed E-state index contributed by atoms with van der Waals surface area (Å²) in [5.41, 5.74) is 1.01. The fraction of sp³-hybridized carbons (Fsp3) is 0.273. The van der Waals surface area contributed by atoms with Gasteiger partial charge >= 0.3 is 0 Å². The molecule has 0 fully saturated rings. The summed E-state index contributed by atoms with van der Waals surface area (Å²) in [4.78, 5) is 1.17. The second-order valence-corrected chi connectivity index (χ2v) is 4.35. The maximum atomic E-state index is 9.91. The molecule has 0 aliphatic carbocycles. The fourth-order valence-electron chi connectivity index (χ4n) is 1.47. The summed E-state index contributed by atoms with van der Waals surface area (Å²) in [5.74, 6) is 0.822. The molecule has 2 aromatic rings. The normalized spacial score (nSPS) is 13.0. The van der Waals surface area contributed by atoms with Gasteiger partial charge in [-0.1, -0.05) is 0 Å². The zero-order valence-corrected chi connectivity index (χ0v) is 8.75. The quantitative estimate of drug-likeness (QED) is 0.841. The number of aryl methyl sites for hydroxylation is 1. The van der Waals surface area contributed by atoms with E-state index in [1.165, 1.54) is 4.88 Å². The molecule has 3 heteroatoms. The lowest BCUT2D eigenvalue weighted by Gasteiger charge is -2.07. The summed E-state index contributed by atoms with van der Waals surface area (Å²) in [5, 5.41) is 11.9. The van der Waals surface area contributed by atoms with E-state index in [0.29, 0.717) is 6.42 Å². The van der Waals surface area contributed by atoms with Crippen molar-refractivity contribution in [1.82, 2.24) is 0 Å². The standard InChI is InChI=1S/C11H12O2S/c1-8-10(4-6-14-8)11(12)7-9-3-2-5-13-9/h2-6,11-12H,7H2,1H3. The molecule has 0 aliphatic rings. The number of hydrogen-bond acceptors (Lipinski definition) is 3. The van der Waals surface area contributed by atoms with Crippen LogP contribution >= 0.6 is 11.3 Å². The fourth-order valence-corrected chi connectivity index (χ4v) is 2.23. The van der Waals surface area contributed by atoms with Crippen LogP contribution in [0.25, 0.3) is 0 Å². The molecule has 14 heavy (non-hydrogen) atoms. The lowest BCUT2D eigenvalue weighted by Crippen LogP contribution is -2.00. The molecule has 0 aliphatic heterocycles. The number of rotatable bonds is 3. The van der Waals surface area contributed by atoms with Crippen LogP contribution < -0.4 is 0 Å². The average molecular weight is 208 g/mol. The van der Waals surface area contributed by atoms with E-state index in [2.05, 4.69) is 0 Å². The highest BCUT2D eigenvalue weighted by molar-refractivity contribution is 7.10. The Labute approximate surface area is 86.8 Å². The van der Waals surface area contributed by atoms with Crippen LogP contribution in [0.4, 0.5) is 0 Å². The molecule has 0 saturated heterocycles. The van der Waals surface area contributed by atoms with Crippen LogP contribution in [0.1, 0.15) is 22.3 Å². The van der Waals surface area contributed by atoms with E-state index >= 15 is 0 Å². The second kappa shape index (κ2) is 3.98. The van der Waals surface area contributed by atoms with Gasteiger partial charge < -0.3 is 9.52 Å². The first kappa shape index (κ1) is 9.49. The van der Waals surface area contributed by atoms with Gasteiger partial charge in [-0.05, 0) is 36.1 Å². The zero-order valence-electron chi connectivity index (χ0n) is 7.93. The maximum absolute atomic E-state index is 9.91. The Hall–Kier alpha value is -1.06. The highest BCUT2D eigenvalue weighted by Gasteiger charge is 2.13. The van der Waals surface area contributed by atoms with Gasteiger partial charge in [-0.2, -0.15) is 0 Å². The Bertz CT molecular complexity index is 389. The van der Waals surface area contributed by atoms with Crippen molar-refractivity contribution < 1.29 is 9.52 Å². The highest BCUT2D eigenvalue weighted by atomic mass is 32.1. The minimum atomic E-state index is -0.451. The first-order valence-electron chi connectivity index (χ1n) is 4.52. The topological polar surface area (TPSA) is 33.4 Å². The van der Waals surface area contributed by atoms with Crippen molar-refractivity contribution in [2.75, 3.05) is 0 Å². The van der Waals surface area contributed by atoms with E-state index in [9.17, 15) is 5.11 Å². The van der Waals surface area contributed by atoms with E-state index in [-0.39, 0.29) is 0 Å². The van der Waals surface area contributed by atoms with Crippen LogP contribution in [0.5, 0.6) is 0 Å². The minimum Gasteiger partial charge on any atom is -0.469 e. The molecule has 74 valence electrons. The first-order chi connectivity index (χ1) is 6.77.